The van der Waals surface area contributed by atoms with Gasteiger partial charge in [0.1, 0.15) is 0 Å². The molecule has 0 spiro atoms. The fraction of sp³-hybridized carbons (Fsp3) is 0.571. The van der Waals surface area contributed by atoms with Crippen molar-refractivity contribution in [2.24, 2.45) is 5.73 Å². The van der Waals surface area contributed by atoms with E-state index in [-0.39, 0.29) is 5.54 Å². The van der Waals surface area contributed by atoms with Crippen LogP contribution in [0.1, 0.15) is 31.2 Å². The maximum absolute atomic E-state index is 6.23. The van der Waals surface area contributed by atoms with Gasteiger partial charge in [-0.3, -0.25) is 0 Å². The van der Waals surface area contributed by atoms with Crippen LogP contribution in [0.3, 0.4) is 0 Å². The summed E-state index contributed by atoms with van der Waals surface area (Å²) in [5, 5.41) is 0. The number of aryl methyl sites for hydroxylation is 1. The Morgan fingerprint density at radius 2 is 2.12 bits per heavy atom. The van der Waals surface area contributed by atoms with E-state index in [1.54, 1.807) is 0 Å². The van der Waals surface area contributed by atoms with Gasteiger partial charge in [-0.25, -0.2) is 0 Å². The summed E-state index contributed by atoms with van der Waals surface area (Å²) in [5.74, 6) is 0. The second kappa shape index (κ2) is 4.46. The largest absolute Gasteiger partial charge is 0.375 e. The Kier molecular flexibility index (Phi) is 3.20. The second-order valence-electron chi connectivity index (χ2n) is 5.23. The van der Waals surface area contributed by atoms with Crippen LogP contribution in [0.25, 0.3) is 0 Å². The molecule has 1 aliphatic rings. The van der Waals surface area contributed by atoms with Gasteiger partial charge in [-0.1, -0.05) is 12.1 Å². The molecule has 0 bridgehead atoms. The Bertz CT molecular complexity index is 356. The molecule has 2 heteroatoms. The van der Waals surface area contributed by atoms with Crippen molar-refractivity contribution in [3.05, 3.63) is 29.8 Å². The van der Waals surface area contributed by atoms with Gasteiger partial charge in [-0.05, 0) is 50.3 Å². The van der Waals surface area contributed by atoms with Crippen LogP contribution in [-0.2, 0) is 0 Å². The molecule has 1 fully saturated rings. The SMILES string of the molecule is Cc1cccc(N(C)CCC2(N)CCC2)c1. The predicted octanol–water partition coefficient (Wildman–Crippen LogP) is 2.70. The van der Waals surface area contributed by atoms with Gasteiger partial charge in [-0.15, -0.1) is 0 Å². The Morgan fingerprint density at radius 1 is 1.38 bits per heavy atom. The van der Waals surface area contributed by atoms with Crippen molar-refractivity contribution in [1.29, 1.82) is 0 Å². The highest BCUT2D eigenvalue weighted by Gasteiger charge is 2.32. The predicted molar refractivity (Wildman–Crippen MR) is 69.8 cm³/mol. The zero-order valence-electron chi connectivity index (χ0n) is 10.4. The number of hydrogen-bond acceptors (Lipinski definition) is 2. The molecule has 0 aliphatic heterocycles. The van der Waals surface area contributed by atoms with E-state index in [2.05, 4.69) is 43.1 Å². The monoisotopic (exact) mass is 218 g/mol. The van der Waals surface area contributed by atoms with E-state index >= 15 is 0 Å². The smallest absolute Gasteiger partial charge is 0.0366 e. The summed E-state index contributed by atoms with van der Waals surface area (Å²) in [4.78, 5) is 2.31. The standard InChI is InChI=1S/C14H22N2/c1-12-5-3-6-13(11-12)16(2)10-9-14(15)7-4-8-14/h3,5-6,11H,4,7-10,15H2,1-2H3. The molecule has 0 heterocycles. The van der Waals surface area contributed by atoms with E-state index in [1.807, 2.05) is 0 Å². The van der Waals surface area contributed by atoms with E-state index in [9.17, 15) is 0 Å². The lowest BCUT2D eigenvalue weighted by atomic mass is 9.75. The molecule has 2 rings (SSSR count). The van der Waals surface area contributed by atoms with Crippen LogP contribution in [0, 0.1) is 6.92 Å². The van der Waals surface area contributed by atoms with Crippen molar-refractivity contribution >= 4 is 5.69 Å². The van der Waals surface area contributed by atoms with Gasteiger partial charge in [0.2, 0.25) is 0 Å². The molecule has 1 aromatic carbocycles. The molecule has 16 heavy (non-hydrogen) atoms. The van der Waals surface area contributed by atoms with Crippen LogP contribution >= 0.6 is 0 Å². The zero-order chi connectivity index (χ0) is 11.6. The van der Waals surface area contributed by atoms with Gasteiger partial charge >= 0.3 is 0 Å². The number of hydrogen-bond donors (Lipinski definition) is 1. The van der Waals surface area contributed by atoms with E-state index < -0.39 is 0 Å². The number of nitrogens with two attached hydrogens (primary N) is 1. The van der Waals surface area contributed by atoms with Crippen molar-refractivity contribution in [2.75, 3.05) is 18.5 Å². The molecule has 1 saturated carbocycles. The minimum atomic E-state index is 0.137. The molecule has 1 aliphatic carbocycles. The van der Waals surface area contributed by atoms with Crippen molar-refractivity contribution in [3.8, 4) is 0 Å². The van der Waals surface area contributed by atoms with Gasteiger partial charge in [0.05, 0.1) is 0 Å². The maximum atomic E-state index is 6.23. The van der Waals surface area contributed by atoms with Crippen LogP contribution in [-0.4, -0.2) is 19.1 Å². The van der Waals surface area contributed by atoms with Crippen molar-refractivity contribution in [2.45, 2.75) is 38.1 Å². The second-order valence-corrected chi connectivity index (χ2v) is 5.23. The summed E-state index contributed by atoms with van der Waals surface area (Å²) in [6.45, 7) is 3.19. The third-order valence-corrected chi connectivity index (χ3v) is 3.74. The molecular formula is C14H22N2. The van der Waals surface area contributed by atoms with Crippen molar-refractivity contribution in [3.63, 3.8) is 0 Å². The zero-order valence-corrected chi connectivity index (χ0v) is 10.4. The molecule has 0 amide bonds. The molecular weight excluding hydrogens is 196 g/mol. The lowest BCUT2D eigenvalue weighted by Crippen LogP contribution is -2.48. The molecule has 0 radical (unpaired) electrons. The van der Waals surface area contributed by atoms with Gasteiger partial charge < -0.3 is 10.6 Å². The van der Waals surface area contributed by atoms with Gasteiger partial charge in [0, 0.05) is 24.8 Å². The topological polar surface area (TPSA) is 29.3 Å². The first-order valence-electron chi connectivity index (χ1n) is 6.16. The van der Waals surface area contributed by atoms with Crippen molar-refractivity contribution < 1.29 is 0 Å². The number of rotatable bonds is 4. The minimum Gasteiger partial charge on any atom is -0.375 e. The summed E-state index contributed by atoms with van der Waals surface area (Å²) < 4.78 is 0. The molecule has 88 valence electrons. The highest BCUT2D eigenvalue weighted by atomic mass is 15.1. The first-order valence-corrected chi connectivity index (χ1v) is 6.16. The Morgan fingerprint density at radius 3 is 2.69 bits per heavy atom. The van der Waals surface area contributed by atoms with Crippen molar-refractivity contribution in [1.82, 2.24) is 0 Å². The third-order valence-electron chi connectivity index (χ3n) is 3.74. The first kappa shape index (κ1) is 11.5. The fourth-order valence-electron chi connectivity index (χ4n) is 2.27. The average Bonchev–Trinajstić information content (AvgIpc) is 2.23. The molecule has 2 N–H and O–H groups in total. The highest BCUT2D eigenvalue weighted by Crippen LogP contribution is 2.32. The molecule has 0 saturated heterocycles. The highest BCUT2D eigenvalue weighted by molar-refractivity contribution is 5.47. The normalized spacial score (nSPS) is 17.9. The van der Waals surface area contributed by atoms with E-state index in [0.29, 0.717) is 0 Å². The van der Waals surface area contributed by atoms with Crippen LogP contribution in [0.15, 0.2) is 24.3 Å². The van der Waals surface area contributed by atoms with Gasteiger partial charge in [0.15, 0.2) is 0 Å². The number of benzene rings is 1. The summed E-state index contributed by atoms with van der Waals surface area (Å²) >= 11 is 0. The lowest BCUT2D eigenvalue weighted by Gasteiger charge is -2.39. The fourth-order valence-corrected chi connectivity index (χ4v) is 2.27. The van der Waals surface area contributed by atoms with E-state index in [1.165, 1.54) is 30.5 Å². The maximum Gasteiger partial charge on any atom is 0.0366 e. The number of nitrogens with zero attached hydrogens (tertiary/aromatic N) is 1. The molecule has 0 aromatic heterocycles. The summed E-state index contributed by atoms with van der Waals surface area (Å²) in [6.07, 6.45) is 4.82. The average molecular weight is 218 g/mol. The van der Waals surface area contributed by atoms with Gasteiger partial charge in [-0.2, -0.15) is 0 Å². The number of anilines is 1. The van der Waals surface area contributed by atoms with Crippen LogP contribution < -0.4 is 10.6 Å². The lowest BCUT2D eigenvalue weighted by molar-refractivity contribution is 0.234. The summed E-state index contributed by atoms with van der Waals surface area (Å²) in [6, 6.07) is 8.64. The summed E-state index contributed by atoms with van der Waals surface area (Å²) in [7, 11) is 2.15. The van der Waals surface area contributed by atoms with Crippen LogP contribution in [0.4, 0.5) is 5.69 Å². The molecule has 0 unspecified atom stereocenters. The molecule has 2 nitrogen and oxygen atoms in total. The minimum absolute atomic E-state index is 0.137. The summed E-state index contributed by atoms with van der Waals surface area (Å²) in [5.41, 5.74) is 8.98. The third kappa shape index (κ3) is 2.56. The molecule has 1 aromatic rings. The quantitative estimate of drug-likeness (QED) is 0.842. The first-order chi connectivity index (χ1) is 7.59. The molecule has 0 atom stereocenters. The van der Waals surface area contributed by atoms with Crippen LogP contribution in [0.2, 0.25) is 0 Å². The van der Waals surface area contributed by atoms with E-state index in [0.717, 1.165) is 13.0 Å². The Balaban J connectivity index is 1.90. The Hall–Kier alpha value is -1.02. The Labute approximate surface area is 98.4 Å². The van der Waals surface area contributed by atoms with Crippen LogP contribution in [0.5, 0.6) is 0 Å². The van der Waals surface area contributed by atoms with E-state index in [4.69, 9.17) is 5.73 Å². The van der Waals surface area contributed by atoms with Gasteiger partial charge in [0.25, 0.3) is 0 Å².